The van der Waals surface area contributed by atoms with Crippen LogP contribution in [0, 0.1) is 13.8 Å². The molecular weight excluding hydrogens is 484 g/mol. The molecule has 40 heavy (non-hydrogen) atoms. The Morgan fingerprint density at radius 2 is 0.775 bits per heavy atom. The van der Waals surface area contributed by atoms with Crippen LogP contribution in [0.15, 0.2) is 109 Å². The lowest BCUT2D eigenvalue weighted by molar-refractivity contribution is 1.01. The van der Waals surface area contributed by atoms with Crippen molar-refractivity contribution in [3.63, 3.8) is 0 Å². The number of nitrogens with zero attached hydrogens (tertiary/aromatic N) is 2. The molecule has 8 aromatic rings. The van der Waals surface area contributed by atoms with Gasteiger partial charge in [-0.25, -0.2) is 0 Å². The fraction of sp³-hybridized carbons (Fsp3) is 0.105. The molecule has 6 aromatic carbocycles. The molecule has 2 heteroatoms. The summed E-state index contributed by atoms with van der Waals surface area (Å²) in [6.45, 7) is 4.31. The van der Waals surface area contributed by atoms with Crippen LogP contribution in [0.1, 0.15) is 11.1 Å². The van der Waals surface area contributed by atoms with Gasteiger partial charge in [-0.15, -0.1) is 0 Å². The van der Waals surface area contributed by atoms with Gasteiger partial charge in [0, 0.05) is 57.7 Å². The maximum absolute atomic E-state index is 2.35. The molecule has 0 radical (unpaired) electrons. The summed E-state index contributed by atoms with van der Waals surface area (Å²) in [5, 5.41) is 7.91. The second kappa shape index (κ2) is 8.34. The Bertz CT molecular complexity index is 2140. The summed E-state index contributed by atoms with van der Waals surface area (Å²) >= 11 is 0. The molecule has 0 fully saturated rings. The number of aryl methyl sites for hydroxylation is 4. The lowest BCUT2D eigenvalue weighted by atomic mass is 9.97. The summed E-state index contributed by atoms with van der Waals surface area (Å²) in [7, 11) is 4.39. The van der Waals surface area contributed by atoms with E-state index in [-0.39, 0.29) is 0 Å². The number of aromatic nitrogens is 2. The van der Waals surface area contributed by atoms with Crippen molar-refractivity contribution < 1.29 is 0 Å². The molecule has 0 aliphatic rings. The van der Waals surface area contributed by atoms with Crippen molar-refractivity contribution in [3.8, 4) is 22.3 Å². The quantitative estimate of drug-likeness (QED) is 0.217. The van der Waals surface area contributed by atoms with Crippen molar-refractivity contribution in [1.29, 1.82) is 0 Å². The van der Waals surface area contributed by atoms with Crippen molar-refractivity contribution in [2.75, 3.05) is 0 Å². The van der Waals surface area contributed by atoms with E-state index in [1.165, 1.54) is 87.8 Å². The van der Waals surface area contributed by atoms with Crippen LogP contribution in [0.5, 0.6) is 0 Å². The predicted molar refractivity (Wildman–Crippen MR) is 172 cm³/mol. The number of benzene rings is 6. The van der Waals surface area contributed by atoms with Gasteiger partial charge in [0.05, 0.1) is 0 Å². The lowest BCUT2D eigenvalue weighted by Gasteiger charge is -2.05. The van der Waals surface area contributed by atoms with Gasteiger partial charge in [-0.2, -0.15) is 0 Å². The van der Waals surface area contributed by atoms with Gasteiger partial charge in [-0.05, 0) is 71.1 Å². The molecule has 0 saturated carbocycles. The van der Waals surface area contributed by atoms with Crippen LogP contribution < -0.4 is 0 Å². The Morgan fingerprint density at radius 3 is 1.20 bits per heavy atom. The van der Waals surface area contributed by atoms with Crippen LogP contribution in [0.4, 0.5) is 0 Å². The van der Waals surface area contributed by atoms with Gasteiger partial charge in [0.1, 0.15) is 0 Å². The first-order chi connectivity index (χ1) is 19.5. The molecule has 0 aliphatic carbocycles. The first kappa shape index (κ1) is 23.1. The molecule has 0 unspecified atom stereocenters. The van der Waals surface area contributed by atoms with E-state index in [1.54, 1.807) is 0 Å². The van der Waals surface area contributed by atoms with Crippen LogP contribution in [0.25, 0.3) is 76.6 Å². The summed E-state index contributed by atoms with van der Waals surface area (Å²) in [5.41, 5.74) is 12.7. The third kappa shape index (κ3) is 3.23. The zero-order chi connectivity index (χ0) is 27.1. The summed E-state index contributed by atoms with van der Waals surface area (Å²) in [6.07, 6.45) is 0. The fourth-order valence-electron chi connectivity index (χ4n) is 6.82. The molecule has 0 bridgehead atoms. The van der Waals surface area contributed by atoms with Gasteiger partial charge in [0.2, 0.25) is 0 Å². The minimum Gasteiger partial charge on any atom is -0.344 e. The van der Waals surface area contributed by atoms with Crippen LogP contribution in [0.3, 0.4) is 0 Å². The molecule has 0 atom stereocenters. The highest BCUT2D eigenvalue weighted by Gasteiger charge is 2.17. The smallest absolute Gasteiger partial charge is 0.0495 e. The predicted octanol–water partition coefficient (Wildman–Crippen LogP) is 10.1. The minimum absolute atomic E-state index is 1.26. The highest BCUT2D eigenvalue weighted by Crippen LogP contribution is 2.41. The Labute approximate surface area is 233 Å². The Balaban J connectivity index is 1.39. The topological polar surface area (TPSA) is 9.86 Å². The van der Waals surface area contributed by atoms with E-state index in [9.17, 15) is 0 Å². The maximum Gasteiger partial charge on any atom is 0.0495 e. The normalized spacial score (nSPS) is 12.0. The van der Waals surface area contributed by atoms with E-state index in [4.69, 9.17) is 0 Å². The maximum atomic E-state index is 2.35. The Kier molecular flexibility index (Phi) is 4.82. The standard InChI is InChI=1S/C38H30N2/c1-23-7-5-9-25(19-23)27-11-13-31-35(21-27)39(3)33-17-15-30-29(37(31)33)16-18-34-38(30)32-14-12-28(22-36(32)40(34)4)26-10-6-8-24(2)20-26/h5-22H,1-4H3. The van der Waals surface area contributed by atoms with E-state index in [0.717, 1.165) is 0 Å². The molecule has 0 aliphatic heterocycles. The van der Waals surface area contributed by atoms with Crippen molar-refractivity contribution in [1.82, 2.24) is 9.13 Å². The third-order valence-corrected chi connectivity index (χ3v) is 8.84. The summed E-state index contributed by atoms with van der Waals surface area (Å²) in [6, 6.07) is 40.7. The van der Waals surface area contributed by atoms with Gasteiger partial charge in [-0.3, -0.25) is 0 Å². The molecule has 2 aromatic heterocycles. The molecular formula is C38H30N2. The zero-order valence-corrected chi connectivity index (χ0v) is 23.3. The minimum atomic E-state index is 1.26. The van der Waals surface area contributed by atoms with Crippen molar-refractivity contribution in [2.24, 2.45) is 14.1 Å². The molecule has 8 rings (SSSR count). The molecule has 2 heterocycles. The van der Waals surface area contributed by atoms with E-state index in [1.807, 2.05) is 0 Å². The van der Waals surface area contributed by atoms with Crippen LogP contribution >= 0.6 is 0 Å². The van der Waals surface area contributed by atoms with Gasteiger partial charge >= 0.3 is 0 Å². The highest BCUT2D eigenvalue weighted by atomic mass is 14.9. The van der Waals surface area contributed by atoms with Crippen LogP contribution in [-0.2, 0) is 14.1 Å². The Hall–Kier alpha value is -4.82. The molecule has 2 nitrogen and oxygen atoms in total. The molecule has 0 N–H and O–H groups in total. The monoisotopic (exact) mass is 514 g/mol. The summed E-state index contributed by atoms with van der Waals surface area (Å²) in [4.78, 5) is 0. The molecule has 0 spiro atoms. The van der Waals surface area contributed by atoms with E-state index < -0.39 is 0 Å². The van der Waals surface area contributed by atoms with Crippen molar-refractivity contribution in [3.05, 3.63) is 120 Å². The van der Waals surface area contributed by atoms with Crippen molar-refractivity contribution in [2.45, 2.75) is 13.8 Å². The van der Waals surface area contributed by atoms with Gasteiger partial charge < -0.3 is 9.13 Å². The zero-order valence-electron chi connectivity index (χ0n) is 23.3. The summed E-state index contributed by atoms with van der Waals surface area (Å²) in [5.74, 6) is 0. The van der Waals surface area contributed by atoms with Crippen LogP contribution in [-0.4, -0.2) is 9.13 Å². The molecule has 0 amide bonds. The number of hydrogen-bond donors (Lipinski definition) is 0. The van der Waals surface area contributed by atoms with Gasteiger partial charge in [0.15, 0.2) is 0 Å². The highest BCUT2D eigenvalue weighted by molar-refractivity contribution is 6.29. The van der Waals surface area contributed by atoms with E-state index in [2.05, 4.69) is 146 Å². The summed E-state index contributed by atoms with van der Waals surface area (Å²) < 4.78 is 4.70. The fourth-order valence-corrected chi connectivity index (χ4v) is 6.82. The lowest BCUT2D eigenvalue weighted by Crippen LogP contribution is -1.88. The average Bonchev–Trinajstić information content (AvgIpc) is 3.43. The van der Waals surface area contributed by atoms with E-state index in [0.29, 0.717) is 0 Å². The van der Waals surface area contributed by atoms with E-state index >= 15 is 0 Å². The van der Waals surface area contributed by atoms with Crippen LogP contribution in [0.2, 0.25) is 0 Å². The number of rotatable bonds is 2. The average molecular weight is 515 g/mol. The third-order valence-electron chi connectivity index (χ3n) is 8.84. The largest absolute Gasteiger partial charge is 0.344 e. The first-order valence-electron chi connectivity index (χ1n) is 14.0. The van der Waals surface area contributed by atoms with Gasteiger partial charge in [0.25, 0.3) is 0 Å². The number of hydrogen-bond acceptors (Lipinski definition) is 0. The SMILES string of the molecule is Cc1cccc(-c2ccc3c4c5ccc6c(c5ccc4n(C)c3c2)c2ccc(-c3cccc(C)c3)cc2n6C)c1. The number of fused-ring (bicyclic) bond motifs is 9. The van der Waals surface area contributed by atoms with Gasteiger partial charge in [-0.1, -0.05) is 96.1 Å². The van der Waals surface area contributed by atoms with Crippen molar-refractivity contribution >= 4 is 54.4 Å². The molecule has 192 valence electrons. The Morgan fingerprint density at radius 1 is 0.375 bits per heavy atom. The second-order valence-electron chi connectivity index (χ2n) is 11.3. The first-order valence-corrected chi connectivity index (χ1v) is 14.0. The molecule has 0 saturated heterocycles. The second-order valence-corrected chi connectivity index (χ2v) is 11.3.